The zero-order chi connectivity index (χ0) is 13.3. The third-order valence-corrected chi connectivity index (χ3v) is 3.71. The Morgan fingerprint density at radius 2 is 2.11 bits per heavy atom. The summed E-state index contributed by atoms with van der Waals surface area (Å²) in [6, 6.07) is 6.52. The third kappa shape index (κ3) is 2.73. The van der Waals surface area contributed by atoms with Crippen LogP contribution in [-0.2, 0) is 9.84 Å². The van der Waals surface area contributed by atoms with Crippen molar-refractivity contribution < 1.29 is 12.8 Å². The lowest BCUT2D eigenvalue weighted by molar-refractivity contribution is 0.508. The first-order valence-electron chi connectivity index (χ1n) is 5.28. The number of nitrogens with zero attached hydrogens (tertiary/aromatic N) is 1. The molecule has 0 bridgehead atoms. The summed E-state index contributed by atoms with van der Waals surface area (Å²) >= 11 is 5.86. The summed E-state index contributed by atoms with van der Waals surface area (Å²) in [5.41, 5.74) is 0.661. The summed E-state index contributed by atoms with van der Waals surface area (Å²) in [4.78, 5) is 4.28. The molecular formula is C12H12ClNO3S. The molecule has 1 aromatic carbocycles. The lowest BCUT2D eigenvalue weighted by Gasteiger charge is -2.01. The topological polar surface area (TPSA) is 60.2 Å². The van der Waals surface area contributed by atoms with Crippen molar-refractivity contribution in [3.63, 3.8) is 0 Å². The fourth-order valence-corrected chi connectivity index (χ4v) is 2.25. The number of benzene rings is 1. The van der Waals surface area contributed by atoms with Crippen molar-refractivity contribution in [2.45, 2.75) is 17.2 Å². The number of aromatic nitrogens is 1. The SMILES string of the molecule is CC(Cl)c1ncc(-c2cccc(S(C)(=O)=O)c2)o1. The molecule has 0 N–H and O–H groups in total. The number of oxazole rings is 1. The van der Waals surface area contributed by atoms with Gasteiger partial charge in [0.2, 0.25) is 5.89 Å². The quantitative estimate of drug-likeness (QED) is 0.813. The highest BCUT2D eigenvalue weighted by molar-refractivity contribution is 7.90. The van der Waals surface area contributed by atoms with E-state index in [0.717, 1.165) is 0 Å². The van der Waals surface area contributed by atoms with Crippen LogP contribution in [0, 0.1) is 0 Å². The van der Waals surface area contributed by atoms with Crippen molar-refractivity contribution in [1.82, 2.24) is 4.98 Å². The van der Waals surface area contributed by atoms with Crippen LogP contribution in [0.3, 0.4) is 0 Å². The molecule has 0 aliphatic heterocycles. The van der Waals surface area contributed by atoms with E-state index in [-0.39, 0.29) is 10.3 Å². The lowest BCUT2D eigenvalue weighted by Crippen LogP contribution is -1.96. The predicted octanol–water partition coefficient (Wildman–Crippen LogP) is 3.04. The molecule has 18 heavy (non-hydrogen) atoms. The number of alkyl halides is 1. The highest BCUT2D eigenvalue weighted by atomic mass is 35.5. The van der Waals surface area contributed by atoms with Gasteiger partial charge in [0.25, 0.3) is 0 Å². The van der Waals surface area contributed by atoms with Gasteiger partial charge in [-0.05, 0) is 19.1 Å². The van der Waals surface area contributed by atoms with E-state index < -0.39 is 9.84 Å². The van der Waals surface area contributed by atoms with Crippen LogP contribution in [0.1, 0.15) is 18.2 Å². The van der Waals surface area contributed by atoms with E-state index in [1.807, 2.05) is 0 Å². The van der Waals surface area contributed by atoms with Crippen LogP contribution in [0.4, 0.5) is 0 Å². The van der Waals surface area contributed by atoms with Gasteiger partial charge in [-0.25, -0.2) is 13.4 Å². The van der Waals surface area contributed by atoms with Crippen LogP contribution in [0.5, 0.6) is 0 Å². The van der Waals surface area contributed by atoms with Gasteiger partial charge in [-0.2, -0.15) is 0 Å². The van der Waals surface area contributed by atoms with E-state index in [2.05, 4.69) is 4.98 Å². The minimum absolute atomic E-state index is 0.247. The second-order valence-electron chi connectivity index (χ2n) is 3.98. The van der Waals surface area contributed by atoms with Crippen LogP contribution in [0.2, 0.25) is 0 Å². The second-order valence-corrected chi connectivity index (χ2v) is 6.65. The number of hydrogen-bond acceptors (Lipinski definition) is 4. The zero-order valence-electron chi connectivity index (χ0n) is 9.92. The molecule has 0 spiro atoms. The Kier molecular flexibility index (Phi) is 3.45. The van der Waals surface area contributed by atoms with Crippen LogP contribution in [0.15, 0.2) is 39.8 Å². The van der Waals surface area contributed by atoms with Gasteiger partial charge in [-0.1, -0.05) is 12.1 Å². The van der Waals surface area contributed by atoms with Gasteiger partial charge >= 0.3 is 0 Å². The average molecular weight is 286 g/mol. The fraction of sp³-hybridized carbons (Fsp3) is 0.250. The number of hydrogen-bond donors (Lipinski definition) is 0. The highest BCUT2D eigenvalue weighted by Crippen LogP contribution is 2.27. The van der Waals surface area contributed by atoms with Gasteiger partial charge in [0.1, 0.15) is 5.38 Å². The lowest BCUT2D eigenvalue weighted by atomic mass is 10.2. The summed E-state index contributed by atoms with van der Waals surface area (Å²) < 4.78 is 28.4. The van der Waals surface area contributed by atoms with E-state index in [0.29, 0.717) is 17.2 Å². The van der Waals surface area contributed by atoms with Gasteiger partial charge in [0, 0.05) is 11.8 Å². The van der Waals surface area contributed by atoms with Crippen LogP contribution < -0.4 is 0 Å². The Morgan fingerprint density at radius 1 is 1.39 bits per heavy atom. The summed E-state index contributed by atoms with van der Waals surface area (Å²) in [7, 11) is -3.23. The zero-order valence-corrected chi connectivity index (χ0v) is 11.5. The van der Waals surface area contributed by atoms with Crippen LogP contribution >= 0.6 is 11.6 Å². The predicted molar refractivity (Wildman–Crippen MR) is 69.3 cm³/mol. The number of halogens is 1. The summed E-state index contributed by atoms with van der Waals surface area (Å²) in [6.07, 6.45) is 2.70. The molecule has 1 atom stereocenters. The molecule has 0 radical (unpaired) electrons. The monoisotopic (exact) mass is 285 g/mol. The molecule has 0 saturated carbocycles. The Morgan fingerprint density at radius 3 is 2.67 bits per heavy atom. The number of sulfone groups is 1. The van der Waals surface area contributed by atoms with E-state index in [1.165, 1.54) is 12.5 Å². The maximum absolute atomic E-state index is 11.5. The largest absolute Gasteiger partial charge is 0.439 e. The minimum Gasteiger partial charge on any atom is -0.439 e. The van der Waals surface area contributed by atoms with Crippen molar-refractivity contribution >= 4 is 21.4 Å². The van der Waals surface area contributed by atoms with E-state index in [9.17, 15) is 8.42 Å². The molecule has 0 amide bonds. The Balaban J connectivity index is 2.45. The summed E-state index contributed by atoms with van der Waals surface area (Å²) in [5.74, 6) is 0.916. The van der Waals surface area contributed by atoms with Gasteiger partial charge in [-0.15, -0.1) is 11.6 Å². The van der Waals surface area contributed by atoms with Crippen LogP contribution in [-0.4, -0.2) is 19.7 Å². The first-order valence-corrected chi connectivity index (χ1v) is 7.61. The van der Waals surface area contributed by atoms with Crippen LogP contribution in [0.25, 0.3) is 11.3 Å². The molecule has 0 saturated heterocycles. The number of rotatable bonds is 3. The van der Waals surface area contributed by atoms with Gasteiger partial charge in [0.15, 0.2) is 15.6 Å². The highest BCUT2D eigenvalue weighted by Gasteiger charge is 2.13. The first kappa shape index (κ1) is 13.1. The molecule has 1 aromatic heterocycles. The van der Waals surface area contributed by atoms with Crippen molar-refractivity contribution in [3.05, 3.63) is 36.4 Å². The van der Waals surface area contributed by atoms with Crippen molar-refractivity contribution in [1.29, 1.82) is 0 Å². The van der Waals surface area contributed by atoms with Crippen molar-refractivity contribution in [3.8, 4) is 11.3 Å². The van der Waals surface area contributed by atoms with E-state index in [4.69, 9.17) is 16.0 Å². The normalized spacial score (nSPS) is 13.5. The molecule has 0 fully saturated rings. The van der Waals surface area contributed by atoms with Crippen molar-refractivity contribution in [2.75, 3.05) is 6.26 Å². The van der Waals surface area contributed by atoms with Crippen molar-refractivity contribution in [2.24, 2.45) is 0 Å². The van der Waals surface area contributed by atoms with Gasteiger partial charge in [0.05, 0.1) is 11.1 Å². The molecule has 4 nitrogen and oxygen atoms in total. The molecule has 2 aromatic rings. The Bertz CT molecular complexity index is 661. The molecule has 0 aliphatic rings. The third-order valence-electron chi connectivity index (χ3n) is 2.41. The molecule has 1 heterocycles. The molecular weight excluding hydrogens is 274 g/mol. The summed E-state index contributed by atoms with van der Waals surface area (Å²) in [6.45, 7) is 1.75. The Labute approximate surface area is 111 Å². The molecule has 0 aliphatic carbocycles. The molecule has 2 rings (SSSR count). The average Bonchev–Trinajstić information content (AvgIpc) is 2.77. The first-order chi connectivity index (χ1) is 8.38. The van der Waals surface area contributed by atoms with E-state index >= 15 is 0 Å². The smallest absolute Gasteiger partial charge is 0.212 e. The maximum Gasteiger partial charge on any atom is 0.212 e. The standard InChI is InChI=1S/C12H12ClNO3S/c1-8(13)12-14-7-11(17-12)9-4-3-5-10(6-9)18(2,15)16/h3-8H,1-2H3. The second kappa shape index (κ2) is 4.74. The molecule has 6 heteroatoms. The minimum atomic E-state index is -3.23. The molecule has 96 valence electrons. The molecule has 1 unspecified atom stereocenters. The van der Waals surface area contributed by atoms with Gasteiger partial charge < -0.3 is 4.42 Å². The van der Waals surface area contributed by atoms with Gasteiger partial charge in [-0.3, -0.25) is 0 Å². The Hall–Kier alpha value is -1.33. The summed E-state index contributed by atoms with van der Waals surface area (Å²) in [5, 5.41) is -0.322. The maximum atomic E-state index is 11.5. The van der Waals surface area contributed by atoms with E-state index in [1.54, 1.807) is 31.2 Å². The fourth-order valence-electron chi connectivity index (χ4n) is 1.48.